The summed E-state index contributed by atoms with van der Waals surface area (Å²) in [7, 11) is 0.412. The zero-order valence-electron chi connectivity index (χ0n) is 18.0. The van der Waals surface area contributed by atoms with E-state index >= 15 is 0 Å². The highest BCUT2D eigenvalue weighted by atomic mass is 32.2. The van der Waals surface area contributed by atoms with Crippen LogP contribution < -0.4 is 23.1 Å². The van der Waals surface area contributed by atoms with Crippen molar-refractivity contribution in [3.63, 3.8) is 0 Å². The maximum atomic E-state index is 12.8. The molecule has 1 aliphatic rings. The van der Waals surface area contributed by atoms with Gasteiger partial charge in [-0.3, -0.25) is 4.79 Å². The first-order chi connectivity index (χ1) is 15.9. The van der Waals surface area contributed by atoms with Crippen molar-refractivity contribution in [2.45, 2.75) is 4.90 Å². The number of allylic oxidation sites excluding steroid dienone is 1. The normalized spacial score (nSPS) is 13.9. The van der Waals surface area contributed by atoms with E-state index in [1.165, 1.54) is 69.9 Å². The van der Waals surface area contributed by atoms with Crippen molar-refractivity contribution in [1.82, 2.24) is 0 Å². The second kappa shape index (κ2) is 8.87. The van der Waals surface area contributed by atoms with Gasteiger partial charge >= 0.3 is 10.1 Å². The zero-order valence-corrected chi connectivity index (χ0v) is 18.8. The average molecular weight is 468 g/mol. The van der Waals surface area contributed by atoms with Gasteiger partial charge in [0.2, 0.25) is 5.78 Å². The van der Waals surface area contributed by atoms with Crippen molar-refractivity contribution in [2.75, 3.05) is 21.3 Å². The van der Waals surface area contributed by atoms with E-state index in [9.17, 15) is 13.2 Å². The van der Waals surface area contributed by atoms with Crippen molar-refractivity contribution >= 4 is 22.0 Å². The van der Waals surface area contributed by atoms with Crippen molar-refractivity contribution in [1.29, 1.82) is 0 Å². The fourth-order valence-electron chi connectivity index (χ4n) is 3.30. The van der Waals surface area contributed by atoms with E-state index in [4.69, 9.17) is 23.1 Å². The Morgan fingerprint density at radius 2 is 1.58 bits per heavy atom. The molecule has 8 nitrogen and oxygen atoms in total. The third-order valence-corrected chi connectivity index (χ3v) is 6.18. The van der Waals surface area contributed by atoms with Gasteiger partial charge in [-0.05, 0) is 48.5 Å². The van der Waals surface area contributed by atoms with Crippen molar-refractivity contribution in [2.24, 2.45) is 0 Å². The zero-order chi connectivity index (χ0) is 23.6. The molecule has 0 radical (unpaired) electrons. The fourth-order valence-corrected chi connectivity index (χ4v) is 4.23. The number of benzene rings is 3. The number of carbonyl (C=O) groups is 1. The summed E-state index contributed by atoms with van der Waals surface area (Å²) in [5.74, 6) is 1.40. The number of para-hydroxylation sites is 1. The van der Waals surface area contributed by atoms with Crippen LogP contribution >= 0.6 is 0 Å². The van der Waals surface area contributed by atoms with Crippen LogP contribution in [-0.2, 0) is 10.1 Å². The minimum absolute atomic E-state index is 0.0116. The lowest BCUT2D eigenvalue weighted by Gasteiger charge is -2.10. The van der Waals surface area contributed by atoms with Crippen LogP contribution in [0, 0.1) is 0 Å². The summed E-state index contributed by atoms with van der Waals surface area (Å²) in [6.45, 7) is 0. The third kappa shape index (κ3) is 4.35. The number of rotatable bonds is 7. The monoisotopic (exact) mass is 468 g/mol. The number of methoxy groups -OCH3 is 3. The van der Waals surface area contributed by atoms with Gasteiger partial charge in [0.1, 0.15) is 22.1 Å². The van der Waals surface area contributed by atoms with Gasteiger partial charge in [-0.15, -0.1) is 0 Å². The summed E-state index contributed by atoms with van der Waals surface area (Å²) in [5, 5.41) is 0. The minimum Gasteiger partial charge on any atom is -0.497 e. The van der Waals surface area contributed by atoms with Gasteiger partial charge in [-0.25, -0.2) is 0 Å². The molecule has 0 amide bonds. The lowest BCUT2D eigenvalue weighted by Crippen LogP contribution is -2.09. The first kappa shape index (κ1) is 22.2. The smallest absolute Gasteiger partial charge is 0.339 e. The highest BCUT2D eigenvalue weighted by Crippen LogP contribution is 2.38. The summed E-state index contributed by atoms with van der Waals surface area (Å²) in [5.41, 5.74) is 0.879. The highest BCUT2D eigenvalue weighted by Gasteiger charge is 2.29. The summed E-state index contributed by atoms with van der Waals surface area (Å²) in [6, 6.07) is 15.3. The lowest BCUT2D eigenvalue weighted by atomic mass is 10.1. The number of hydrogen-bond acceptors (Lipinski definition) is 8. The number of Topliss-reactive ketones (excluding diaryl/α,β-unsaturated/α-hetero) is 1. The Hall–Kier alpha value is -3.98. The van der Waals surface area contributed by atoms with Crippen molar-refractivity contribution in [3.8, 4) is 28.7 Å². The van der Waals surface area contributed by atoms with Gasteiger partial charge in [0.25, 0.3) is 0 Å². The van der Waals surface area contributed by atoms with Gasteiger partial charge in [-0.1, -0.05) is 12.1 Å². The van der Waals surface area contributed by atoms with Crippen LogP contribution in [0.25, 0.3) is 6.08 Å². The maximum absolute atomic E-state index is 12.8. The molecule has 1 aliphatic heterocycles. The van der Waals surface area contributed by atoms with E-state index in [2.05, 4.69) is 0 Å². The molecule has 0 bridgehead atoms. The second-order valence-corrected chi connectivity index (χ2v) is 8.44. The van der Waals surface area contributed by atoms with Gasteiger partial charge in [0, 0.05) is 11.6 Å². The molecule has 0 saturated heterocycles. The van der Waals surface area contributed by atoms with Crippen LogP contribution in [0.2, 0.25) is 0 Å². The number of fused-ring (bicyclic) bond motifs is 1. The van der Waals surface area contributed by atoms with Crippen LogP contribution in [-0.4, -0.2) is 35.5 Å². The fraction of sp³-hybridized carbons (Fsp3) is 0.125. The molecule has 3 aromatic carbocycles. The van der Waals surface area contributed by atoms with E-state index in [-0.39, 0.29) is 33.5 Å². The Bertz CT molecular complexity index is 1340. The summed E-state index contributed by atoms with van der Waals surface area (Å²) >= 11 is 0. The van der Waals surface area contributed by atoms with Crippen molar-refractivity contribution < 1.29 is 36.3 Å². The molecule has 33 heavy (non-hydrogen) atoms. The van der Waals surface area contributed by atoms with Crippen LogP contribution in [0.15, 0.2) is 71.3 Å². The third-order valence-electron chi connectivity index (χ3n) is 4.92. The SMILES string of the molecule is COc1ccc(S(=O)(=O)Oc2ccc3c(c2)O/C(=C\c2cccc(OC)c2OC)C3=O)cc1. The summed E-state index contributed by atoms with van der Waals surface area (Å²) in [4.78, 5) is 12.8. The van der Waals surface area contributed by atoms with Gasteiger partial charge in [-0.2, -0.15) is 8.42 Å². The van der Waals surface area contributed by atoms with E-state index in [1.54, 1.807) is 18.2 Å². The number of ketones is 1. The molecular weight excluding hydrogens is 448 g/mol. The van der Waals surface area contributed by atoms with E-state index in [0.29, 0.717) is 22.8 Å². The molecule has 0 fully saturated rings. The maximum Gasteiger partial charge on any atom is 0.339 e. The molecule has 0 aromatic heterocycles. The first-order valence-electron chi connectivity index (χ1n) is 9.74. The van der Waals surface area contributed by atoms with Crippen LogP contribution in [0.1, 0.15) is 15.9 Å². The van der Waals surface area contributed by atoms with Crippen LogP contribution in [0.4, 0.5) is 0 Å². The Balaban J connectivity index is 1.60. The highest BCUT2D eigenvalue weighted by molar-refractivity contribution is 7.87. The Morgan fingerprint density at radius 3 is 2.24 bits per heavy atom. The quantitative estimate of drug-likeness (QED) is 0.378. The number of ether oxygens (including phenoxy) is 4. The first-order valence-corrected chi connectivity index (χ1v) is 11.1. The molecule has 0 aliphatic carbocycles. The predicted octanol–water partition coefficient (Wildman–Crippen LogP) is 4.10. The molecule has 0 saturated carbocycles. The Kier molecular flexibility index (Phi) is 5.97. The van der Waals surface area contributed by atoms with Crippen LogP contribution in [0.5, 0.6) is 28.7 Å². The molecule has 1 heterocycles. The molecule has 0 atom stereocenters. The minimum atomic E-state index is -4.09. The molecule has 0 unspecified atom stereocenters. The molecule has 4 rings (SSSR count). The lowest BCUT2D eigenvalue weighted by molar-refractivity contribution is 0.101. The molecule has 0 spiro atoms. The Morgan fingerprint density at radius 1 is 0.848 bits per heavy atom. The van der Waals surface area contributed by atoms with Gasteiger partial charge in [0.15, 0.2) is 17.3 Å². The standard InChI is InChI=1S/C24H20O8S/c1-28-16-7-10-18(11-8-16)33(26,27)32-17-9-12-19-21(14-17)31-22(23(19)25)13-15-5-4-6-20(29-2)24(15)30-3/h4-14H,1-3H3/b22-13-. The second-order valence-electron chi connectivity index (χ2n) is 6.89. The van der Waals surface area contributed by atoms with E-state index < -0.39 is 10.1 Å². The van der Waals surface area contributed by atoms with E-state index in [1.807, 2.05) is 0 Å². The molecule has 0 N–H and O–H groups in total. The molecular formula is C24H20O8S. The summed E-state index contributed by atoms with van der Waals surface area (Å²) < 4.78 is 51.8. The van der Waals surface area contributed by atoms with E-state index in [0.717, 1.165) is 0 Å². The van der Waals surface area contributed by atoms with Gasteiger partial charge in [0.05, 0.1) is 26.9 Å². The number of carbonyl (C=O) groups excluding carboxylic acids is 1. The molecule has 9 heteroatoms. The topological polar surface area (TPSA) is 97.4 Å². The molecule has 170 valence electrons. The summed E-state index contributed by atoms with van der Waals surface area (Å²) in [6.07, 6.45) is 1.54. The largest absolute Gasteiger partial charge is 0.497 e. The average Bonchev–Trinajstić information content (AvgIpc) is 3.12. The predicted molar refractivity (Wildman–Crippen MR) is 120 cm³/mol. The molecule has 3 aromatic rings. The Labute approximate surface area is 191 Å². The van der Waals surface area contributed by atoms with Gasteiger partial charge < -0.3 is 23.1 Å². The van der Waals surface area contributed by atoms with Crippen LogP contribution in [0.3, 0.4) is 0 Å². The number of hydrogen-bond donors (Lipinski definition) is 0. The van der Waals surface area contributed by atoms with Crippen molar-refractivity contribution in [3.05, 3.63) is 77.5 Å².